The number of rotatable bonds is 6. The predicted molar refractivity (Wildman–Crippen MR) is 120 cm³/mol. The number of nitrogens with one attached hydrogen (secondary N) is 1. The second-order valence-corrected chi connectivity index (χ2v) is 7.75. The Bertz CT molecular complexity index is 1120. The SMILES string of the molecule is COc1ccc(CC(=O)N2Cc3cn(C)nc3C(C(=O)Nc3ccccc3OC)C2)cc1. The molecule has 8 nitrogen and oxygen atoms in total. The number of hydrogen-bond donors (Lipinski definition) is 1. The average molecular weight is 434 g/mol. The van der Waals surface area contributed by atoms with Crippen LogP contribution in [0.2, 0.25) is 0 Å². The quantitative estimate of drug-likeness (QED) is 0.645. The van der Waals surface area contributed by atoms with Gasteiger partial charge in [-0.15, -0.1) is 0 Å². The lowest BCUT2D eigenvalue weighted by atomic mass is 9.95. The molecule has 2 amide bonds. The van der Waals surface area contributed by atoms with Gasteiger partial charge in [0, 0.05) is 31.9 Å². The van der Waals surface area contributed by atoms with Crippen LogP contribution in [0, 0.1) is 0 Å². The molecule has 1 aliphatic rings. The van der Waals surface area contributed by atoms with Crippen molar-refractivity contribution in [3.05, 3.63) is 71.5 Å². The van der Waals surface area contributed by atoms with Crippen LogP contribution in [0.1, 0.15) is 22.7 Å². The predicted octanol–water partition coefficient (Wildman–Crippen LogP) is 2.74. The summed E-state index contributed by atoms with van der Waals surface area (Å²) in [4.78, 5) is 28.0. The zero-order valence-electron chi connectivity index (χ0n) is 18.4. The van der Waals surface area contributed by atoms with E-state index in [1.54, 1.807) is 35.9 Å². The third-order valence-electron chi connectivity index (χ3n) is 5.58. The molecule has 2 heterocycles. The van der Waals surface area contributed by atoms with E-state index in [2.05, 4.69) is 10.4 Å². The van der Waals surface area contributed by atoms with Gasteiger partial charge in [0.25, 0.3) is 0 Å². The molecule has 166 valence electrons. The minimum Gasteiger partial charge on any atom is -0.497 e. The Morgan fingerprint density at radius 1 is 1.09 bits per heavy atom. The van der Waals surface area contributed by atoms with Gasteiger partial charge >= 0.3 is 0 Å². The van der Waals surface area contributed by atoms with Gasteiger partial charge in [-0.2, -0.15) is 5.10 Å². The number of hydrogen-bond acceptors (Lipinski definition) is 5. The monoisotopic (exact) mass is 434 g/mol. The number of carbonyl (C=O) groups excluding carboxylic acids is 2. The van der Waals surface area contributed by atoms with Crippen LogP contribution in [0.15, 0.2) is 54.7 Å². The van der Waals surface area contributed by atoms with Gasteiger partial charge in [-0.25, -0.2) is 0 Å². The molecule has 3 aromatic rings. The zero-order chi connectivity index (χ0) is 22.7. The van der Waals surface area contributed by atoms with Crippen molar-refractivity contribution >= 4 is 17.5 Å². The highest BCUT2D eigenvalue weighted by molar-refractivity contribution is 5.97. The van der Waals surface area contributed by atoms with E-state index >= 15 is 0 Å². The molecule has 1 N–H and O–H groups in total. The summed E-state index contributed by atoms with van der Waals surface area (Å²) in [7, 11) is 4.98. The summed E-state index contributed by atoms with van der Waals surface area (Å²) in [6.45, 7) is 0.691. The van der Waals surface area contributed by atoms with Gasteiger partial charge in [-0.1, -0.05) is 24.3 Å². The molecule has 1 unspecified atom stereocenters. The van der Waals surface area contributed by atoms with Crippen molar-refractivity contribution in [3.63, 3.8) is 0 Å². The van der Waals surface area contributed by atoms with Crippen LogP contribution in [-0.2, 0) is 29.6 Å². The Balaban J connectivity index is 1.54. The standard InChI is InChI=1S/C24H26N4O4/c1-27-13-17-14-28(22(29)12-16-8-10-18(31-2)11-9-16)15-19(23(17)26-27)24(30)25-20-6-4-5-7-21(20)32-3/h4-11,13,19H,12,14-15H2,1-3H3,(H,25,30). The summed E-state index contributed by atoms with van der Waals surface area (Å²) < 4.78 is 12.2. The molecule has 0 fully saturated rings. The van der Waals surface area contributed by atoms with Crippen molar-refractivity contribution in [3.8, 4) is 11.5 Å². The maximum atomic E-state index is 13.2. The second-order valence-electron chi connectivity index (χ2n) is 7.75. The smallest absolute Gasteiger partial charge is 0.235 e. The van der Waals surface area contributed by atoms with Crippen molar-refractivity contribution in [2.45, 2.75) is 18.9 Å². The van der Waals surface area contributed by atoms with E-state index in [0.29, 0.717) is 23.7 Å². The highest BCUT2D eigenvalue weighted by Gasteiger charge is 2.35. The molecule has 2 aromatic carbocycles. The van der Waals surface area contributed by atoms with Crippen molar-refractivity contribution in [1.29, 1.82) is 0 Å². The van der Waals surface area contributed by atoms with Gasteiger partial charge in [0.1, 0.15) is 17.4 Å². The summed E-state index contributed by atoms with van der Waals surface area (Å²) in [6.07, 6.45) is 2.12. The number of aromatic nitrogens is 2. The second kappa shape index (κ2) is 9.13. The lowest BCUT2D eigenvalue weighted by Gasteiger charge is -2.31. The molecule has 0 radical (unpaired) electrons. The van der Waals surface area contributed by atoms with Crippen molar-refractivity contribution in [2.24, 2.45) is 7.05 Å². The van der Waals surface area contributed by atoms with E-state index in [9.17, 15) is 9.59 Å². The van der Waals surface area contributed by atoms with Crippen molar-refractivity contribution in [1.82, 2.24) is 14.7 Å². The summed E-state index contributed by atoms with van der Waals surface area (Å²) in [5.41, 5.74) is 3.05. The summed E-state index contributed by atoms with van der Waals surface area (Å²) in [6, 6.07) is 14.7. The lowest BCUT2D eigenvalue weighted by Crippen LogP contribution is -2.42. The van der Waals surface area contributed by atoms with Crippen LogP contribution < -0.4 is 14.8 Å². The van der Waals surface area contributed by atoms with Crippen molar-refractivity contribution < 1.29 is 19.1 Å². The molecule has 0 saturated carbocycles. The fourth-order valence-corrected chi connectivity index (χ4v) is 3.94. The molecular formula is C24H26N4O4. The molecule has 0 spiro atoms. The first kappa shape index (κ1) is 21.4. The van der Waals surface area contributed by atoms with E-state index in [0.717, 1.165) is 16.9 Å². The molecule has 0 bridgehead atoms. The van der Waals surface area contributed by atoms with Crippen LogP contribution in [-0.4, -0.2) is 47.3 Å². The normalized spacial score (nSPS) is 15.1. The molecule has 1 aromatic heterocycles. The van der Waals surface area contributed by atoms with Gasteiger partial charge in [-0.05, 0) is 29.8 Å². The highest BCUT2D eigenvalue weighted by Crippen LogP contribution is 2.30. The maximum Gasteiger partial charge on any atom is 0.235 e. The molecular weight excluding hydrogens is 408 g/mol. The first-order valence-electron chi connectivity index (χ1n) is 10.4. The van der Waals surface area contributed by atoms with Gasteiger partial charge < -0.3 is 19.7 Å². The van der Waals surface area contributed by atoms with Gasteiger partial charge in [-0.3, -0.25) is 14.3 Å². The van der Waals surface area contributed by atoms with Crippen LogP contribution in [0.5, 0.6) is 11.5 Å². The van der Waals surface area contributed by atoms with E-state index in [1.165, 1.54) is 0 Å². The van der Waals surface area contributed by atoms with Gasteiger partial charge in [0.2, 0.25) is 11.8 Å². The number of aryl methyl sites for hydroxylation is 1. The molecule has 8 heteroatoms. The number of benzene rings is 2. The fourth-order valence-electron chi connectivity index (χ4n) is 3.94. The minimum absolute atomic E-state index is 0.0419. The van der Waals surface area contributed by atoms with Gasteiger partial charge in [0.05, 0.1) is 32.0 Å². The first-order chi connectivity index (χ1) is 15.5. The van der Waals surface area contributed by atoms with Crippen LogP contribution in [0.4, 0.5) is 5.69 Å². The van der Waals surface area contributed by atoms with Crippen molar-refractivity contribution in [2.75, 3.05) is 26.1 Å². The topological polar surface area (TPSA) is 85.7 Å². The molecule has 0 saturated heterocycles. The summed E-state index contributed by atoms with van der Waals surface area (Å²) in [5, 5.41) is 7.45. The first-order valence-corrected chi connectivity index (χ1v) is 10.4. The molecule has 1 aliphatic heterocycles. The van der Waals surface area contributed by atoms with E-state index in [-0.39, 0.29) is 24.8 Å². The van der Waals surface area contributed by atoms with Crippen LogP contribution >= 0.6 is 0 Å². The summed E-state index contributed by atoms with van der Waals surface area (Å²) in [5.74, 6) is 0.471. The number of para-hydroxylation sites is 2. The molecule has 1 atom stereocenters. The van der Waals surface area contributed by atoms with Gasteiger partial charge in [0.15, 0.2) is 0 Å². The Kier molecular flexibility index (Phi) is 6.11. The maximum absolute atomic E-state index is 13.2. The third kappa shape index (κ3) is 4.44. The number of ether oxygens (including phenoxy) is 2. The number of anilines is 1. The van der Waals surface area contributed by atoms with Crippen LogP contribution in [0.3, 0.4) is 0 Å². The lowest BCUT2D eigenvalue weighted by molar-refractivity contribution is -0.132. The Labute approximate surface area is 186 Å². The number of carbonyl (C=O) groups is 2. The third-order valence-corrected chi connectivity index (χ3v) is 5.58. The van der Waals surface area contributed by atoms with E-state index in [1.807, 2.05) is 49.6 Å². The van der Waals surface area contributed by atoms with E-state index < -0.39 is 5.92 Å². The fraction of sp³-hybridized carbons (Fsp3) is 0.292. The molecule has 32 heavy (non-hydrogen) atoms. The molecule has 4 rings (SSSR count). The number of fused-ring (bicyclic) bond motifs is 1. The van der Waals surface area contributed by atoms with Crippen LogP contribution in [0.25, 0.3) is 0 Å². The van der Waals surface area contributed by atoms with E-state index in [4.69, 9.17) is 9.47 Å². The Morgan fingerprint density at radius 2 is 1.84 bits per heavy atom. The average Bonchev–Trinajstić information content (AvgIpc) is 3.19. The number of amides is 2. The zero-order valence-corrected chi connectivity index (χ0v) is 18.4. The largest absolute Gasteiger partial charge is 0.497 e. The number of nitrogens with zero attached hydrogens (tertiary/aromatic N) is 3. The summed E-state index contributed by atoms with van der Waals surface area (Å²) >= 11 is 0. The molecule has 0 aliphatic carbocycles. The highest BCUT2D eigenvalue weighted by atomic mass is 16.5. The Morgan fingerprint density at radius 3 is 2.56 bits per heavy atom. The number of methoxy groups -OCH3 is 2. The minimum atomic E-state index is -0.579. The Hall–Kier alpha value is -3.81.